The molecule has 1 aliphatic heterocycles. The van der Waals surface area contributed by atoms with E-state index in [2.05, 4.69) is 10.2 Å². The van der Waals surface area contributed by atoms with Crippen LogP contribution in [0.4, 0.5) is 17.1 Å². The molecule has 0 saturated carbocycles. The van der Waals surface area contributed by atoms with Crippen molar-refractivity contribution in [2.45, 2.75) is 31.1 Å². The number of benzene rings is 3. The molecule has 0 aliphatic carbocycles. The number of sulfonamides is 1. The van der Waals surface area contributed by atoms with Gasteiger partial charge in [0.05, 0.1) is 17.7 Å². The summed E-state index contributed by atoms with van der Waals surface area (Å²) in [5.74, 6) is -0.0841. The lowest BCUT2D eigenvalue weighted by Gasteiger charge is -2.29. The Morgan fingerprint density at radius 1 is 0.943 bits per heavy atom. The Labute approximate surface area is 207 Å². The summed E-state index contributed by atoms with van der Waals surface area (Å²) in [7, 11) is -2.55. The Kier molecular flexibility index (Phi) is 7.60. The lowest BCUT2D eigenvalue weighted by Crippen LogP contribution is -2.38. The Bertz CT molecular complexity index is 1250. The van der Waals surface area contributed by atoms with Gasteiger partial charge < -0.3 is 15.0 Å². The van der Waals surface area contributed by atoms with Gasteiger partial charge in [-0.2, -0.15) is 0 Å². The number of anilines is 3. The number of hydrogen-bond donors (Lipinski definition) is 1. The van der Waals surface area contributed by atoms with Gasteiger partial charge >= 0.3 is 0 Å². The van der Waals surface area contributed by atoms with E-state index in [-0.39, 0.29) is 4.90 Å². The topological polar surface area (TPSA) is 79.0 Å². The van der Waals surface area contributed by atoms with Crippen molar-refractivity contribution in [3.05, 3.63) is 78.4 Å². The number of methoxy groups -OCH3 is 1. The fourth-order valence-corrected chi connectivity index (χ4v) is 5.64. The van der Waals surface area contributed by atoms with Crippen LogP contribution in [0.25, 0.3) is 0 Å². The highest BCUT2D eigenvalue weighted by Crippen LogP contribution is 2.32. The molecule has 0 unspecified atom stereocenters. The van der Waals surface area contributed by atoms with Gasteiger partial charge in [0.1, 0.15) is 12.3 Å². The molecule has 8 heteroatoms. The van der Waals surface area contributed by atoms with Crippen molar-refractivity contribution in [3.8, 4) is 5.75 Å². The van der Waals surface area contributed by atoms with Crippen LogP contribution in [0, 0.1) is 6.92 Å². The van der Waals surface area contributed by atoms with Crippen LogP contribution < -0.4 is 19.3 Å². The monoisotopic (exact) mass is 493 g/mol. The van der Waals surface area contributed by atoms with Crippen LogP contribution in [-0.4, -0.2) is 41.1 Å². The molecule has 1 saturated heterocycles. The number of carbonyl (C=O) groups excluding carboxylic acids is 1. The van der Waals surface area contributed by atoms with E-state index in [1.165, 1.54) is 26.4 Å². The van der Waals surface area contributed by atoms with Crippen molar-refractivity contribution < 1.29 is 17.9 Å². The van der Waals surface area contributed by atoms with Gasteiger partial charge in [-0.05, 0) is 74.7 Å². The first-order valence-electron chi connectivity index (χ1n) is 11.8. The maximum Gasteiger partial charge on any atom is 0.264 e. The average Bonchev–Trinajstić information content (AvgIpc) is 2.88. The van der Waals surface area contributed by atoms with E-state index < -0.39 is 22.5 Å². The number of ether oxygens (including phenoxy) is 1. The van der Waals surface area contributed by atoms with E-state index in [1.807, 2.05) is 31.2 Å². The van der Waals surface area contributed by atoms with Crippen LogP contribution >= 0.6 is 0 Å². The first-order valence-corrected chi connectivity index (χ1v) is 13.2. The molecule has 184 valence electrons. The minimum Gasteiger partial charge on any atom is -0.495 e. The summed E-state index contributed by atoms with van der Waals surface area (Å²) in [4.78, 5) is 15.5. The van der Waals surface area contributed by atoms with E-state index in [0.717, 1.165) is 28.6 Å². The molecule has 0 spiro atoms. The second kappa shape index (κ2) is 10.8. The molecule has 4 rings (SSSR count). The number of nitrogens with one attached hydrogen (secondary N) is 1. The highest BCUT2D eigenvalue weighted by molar-refractivity contribution is 7.92. The number of hydrogen-bond acceptors (Lipinski definition) is 5. The molecular formula is C27H31N3O4S. The third-order valence-electron chi connectivity index (χ3n) is 6.12. The van der Waals surface area contributed by atoms with Crippen molar-refractivity contribution in [1.82, 2.24) is 0 Å². The molecular weight excluding hydrogens is 462 g/mol. The summed E-state index contributed by atoms with van der Waals surface area (Å²) in [6.45, 7) is 3.57. The predicted octanol–water partition coefficient (Wildman–Crippen LogP) is 4.83. The normalized spacial score (nSPS) is 13.8. The predicted molar refractivity (Wildman–Crippen MR) is 140 cm³/mol. The number of aryl methyl sites for hydroxylation is 1. The molecule has 3 aromatic carbocycles. The molecule has 0 radical (unpaired) electrons. The zero-order valence-electron chi connectivity index (χ0n) is 20.1. The van der Waals surface area contributed by atoms with Gasteiger partial charge in [-0.1, -0.05) is 29.8 Å². The van der Waals surface area contributed by atoms with Crippen LogP contribution in [0.1, 0.15) is 24.8 Å². The molecule has 1 aliphatic rings. The maximum atomic E-state index is 13.6. The maximum absolute atomic E-state index is 13.6. The summed E-state index contributed by atoms with van der Waals surface area (Å²) in [5, 5.41) is 2.84. The molecule has 7 nitrogen and oxygen atoms in total. The van der Waals surface area contributed by atoms with E-state index in [4.69, 9.17) is 4.74 Å². The van der Waals surface area contributed by atoms with E-state index in [0.29, 0.717) is 17.1 Å². The molecule has 1 fully saturated rings. The van der Waals surface area contributed by atoms with Gasteiger partial charge in [0.2, 0.25) is 5.91 Å². The summed E-state index contributed by atoms with van der Waals surface area (Å²) in [5.41, 5.74) is 2.98. The number of piperidine rings is 1. The fraction of sp³-hybridized carbons (Fsp3) is 0.296. The number of para-hydroxylation sites is 2. The van der Waals surface area contributed by atoms with Crippen LogP contribution in [0.5, 0.6) is 5.75 Å². The number of carbonyl (C=O) groups is 1. The highest BCUT2D eigenvalue weighted by Gasteiger charge is 2.29. The van der Waals surface area contributed by atoms with Crippen LogP contribution in [-0.2, 0) is 14.8 Å². The van der Waals surface area contributed by atoms with Gasteiger partial charge in [0.15, 0.2) is 0 Å². The molecule has 1 amide bonds. The van der Waals surface area contributed by atoms with Crippen LogP contribution in [0.2, 0.25) is 0 Å². The molecule has 0 aromatic heterocycles. The molecule has 0 atom stereocenters. The van der Waals surface area contributed by atoms with E-state index in [1.54, 1.807) is 48.5 Å². The average molecular weight is 494 g/mol. The summed E-state index contributed by atoms with van der Waals surface area (Å²) in [6, 6.07) is 21.0. The minimum absolute atomic E-state index is 0.104. The molecule has 1 heterocycles. The van der Waals surface area contributed by atoms with Crippen molar-refractivity contribution in [3.63, 3.8) is 0 Å². The van der Waals surface area contributed by atoms with Gasteiger partial charge in [0, 0.05) is 24.5 Å². The summed E-state index contributed by atoms with van der Waals surface area (Å²) in [6.07, 6.45) is 3.64. The Hall–Kier alpha value is -3.52. The van der Waals surface area contributed by atoms with Gasteiger partial charge in [-0.25, -0.2) is 8.42 Å². The zero-order valence-corrected chi connectivity index (χ0v) is 20.9. The molecule has 1 N–H and O–H groups in total. The third kappa shape index (κ3) is 5.77. The standard InChI is InChI=1S/C27H31N3O4S/c1-21-10-16-24(17-11-21)35(32,33)30(25-8-4-5-9-26(25)34-2)20-27(31)28-22-12-14-23(15-13-22)29-18-6-3-7-19-29/h4-5,8-17H,3,6-7,18-20H2,1-2H3,(H,28,31). The quantitative estimate of drug-likeness (QED) is 0.486. The lowest BCUT2D eigenvalue weighted by atomic mass is 10.1. The van der Waals surface area contributed by atoms with Gasteiger partial charge in [-0.3, -0.25) is 9.10 Å². The number of rotatable bonds is 8. The van der Waals surface area contributed by atoms with Crippen molar-refractivity contribution in [1.29, 1.82) is 0 Å². The van der Waals surface area contributed by atoms with Gasteiger partial charge in [0.25, 0.3) is 10.0 Å². The Balaban J connectivity index is 1.57. The van der Waals surface area contributed by atoms with Crippen molar-refractivity contribution in [2.75, 3.05) is 41.3 Å². The number of amides is 1. The third-order valence-corrected chi connectivity index (χ3v) is 7.90. The molecule has 0 bridgehead atoms. The lowest BCUT2D eigenvalue weighted by molar-refractivity contribution is -0.114. The minimum atomic E-state index is -4.03. The van der Waals surface area contributed by atoms with Crippen LogP contribution in [0.3, 0.4) is 0 Å². The molecule has 35 heavy (non-hydrogen) atoms. The molecule has 3 aromatic rings. The SMILES string of the molecule is COc1ccccc1N(CC(=O)Nc1ccc(N2CCCCC2)cc1)S(=O)(=O)c1ccc(C)cc1. The highest BCUT2D eigenvalue weighted by atomic mass is 32.2. The largest absolute Gasteiger partial charge is 0.495 e. The van der Waals surface area contributed by atoms with Crippen LogP contribution in [0.15, 0.2) is 77.7 Å². The van der Waals surface area contributed by atoms with Gasteiger partial charge in [-0.15, -0.1) is 0 Å². The zero-order chi connectivity index (χ0) is 24.8. The smallest absolute Gasteiger partial charge is 0.264 e. The second-order valence-corrected chi connectivity index (χ2v) is 10.5. The first-order chi connectivity index (χ1) is 16.9. The van der Waals surface area contributed by atoms with Crippen molar-refractivity contribution >= 4 is 33.0 Å². The number of nitrogens with zero attached hydrogens (tertiary/aromatic N) is 2. The fourth-order valence-electron chi connectivity index (χ4n) is 4.21. The van der Waals surface area contributed by atoms with E-state index in [9.17, 15) is 13.2 Å². The van der Waals surface area contributed by atoms with E-state index >= 15 is 0 Å². The van der Waals surface area contributed by atoms with Crippen molar-refractivity contribution in [2.24, 2.45) is 0 Å². The second-order valence-electron chi connectivity index (χ2n) is 8.64. The Morgan fingerprint density at radius 2 is 1.60 bits per heavy atom. The Morgan fingerprint density at radius 3 is 2.26 bits per heavy atom. The summed E-state index contributed by atoms with van der Waals surface area (Å²) >= 11 is 0. The first kappa shape index (κ1) is 24.6. The summed E-state index contributed by atoms with van der Waals surface area (Å²) < 4.78 is 33.7.